The maximum absolute atomic E-state index is 11.0. The monoisotopic (exact) mass is 252 g/mol. The van der Waals surface area contributed by atoms with Crippen LogP contribution in [0.2, 0.25) is 0 Å². The van der Waals surface area contributed by atoms with Gasteiger partial charge in [0.15, 0.2) is 0 Å². The second kappa shape index (κ2) is 6.09. The molecule has 0 aliphatic carbocycles. The van der Waals surface area contributed by atoms with Crippen LogP contribution in [-0.4, -0.2) is 22.4 Å². The average Bonchev–Trinajstić information content (AvgIpc) is 2.28. The Morgan fingerprint density at radius 3 is 2.11 bits per heavy atom. The van der Waals surface area contributed by atoms with Gasteiger partial charge in [-0.05, 0) is 12.5 Å². The van der Waals surface area contributed by atoms with Gasteiger partial charge in [0, 0.05) is 16.3 Å². The van der Waals surface area contributed by atoms with Crippen molar-refractivity contribution in [2.24, 2.45) is 0 Å². The van der Waals surface area contributed by atoms with Crippen molar-refractivity contribution in [3.05, 3.63) is 55.6 Å². The first-order valence-corrected chi connectivity index (χ1v) is 5.77. The molecule has 6 nitrogen and oxygen atoms in total. The van der Waals surface area contributed by atoms with Crippen LogP contribution in [0.5, 0.6) is 0 Å². The fraction of sp³-hybridized carbons (Fsp3) is 0.500. The third-order valence-corrected chi connectivity index (χ3v) is 3.00. The van der Waals surface area contributed by atoms with Gasteiger partial charge in [-0.2, -0.15) is 0 Å². The molecule has 0 unspecified atom stereocenters. The molecule has 0 aromatic heterocycles. The Hall–Kier alpha value is -1.98. The largest absolute Gasteiger partial charge is 0.265 e. The predicted molar refractivity (Wildman–Crippen MR) is 66.9 cm³/mol. The molecule has 0 aliphatic heterocycles. The van der Waals surface area contributed by atoms with Crippen molar-refractivity contribution in [3.8, 4) is 0 Å². The van der Waals surface area contributed by atoms with Crippen LogP contribution in [0.3, 0.4) is 0 Å². The first kappa shape index (κ1) is 14.1. The summed E-state index contributed by atoms with van der Waals surface area (Å²) in [5, 5.41) is 21.7. The topological polar surface area (TPSA) is 86.3 Å². The Labute approximate surface area is 105 Å². The van der Waals surface area contributed by atoms with Crippen LogP contribution in [0.15, 0.2) is 24.3 Å². The molecule has 1 aromatic carbocycles. The van der Waals surface area contributed by atoms with Gasteiger partial charge in [0.1, 0.15) is 5.92 Å². The normalized spacial score (nSPS) is 13.9. The molecule has 98 valence electrons. The summed E-state index contributed by atoms with van der Waals surface area (Å²) in [6.07, 6.45) is 0.277. The van der Waals surface area contributed by atoms with E-state index in [1.54, 1.807) is 19.1 Å². The van der Waals surface area contributed by atoms with Gasteiger partial charge >= 0.3 is 0 Å². The molecule has 18 heavy (non-hydrogen) atoms. The molecule has 1 rings (SSSR count). The smallest absolute Gasteiger partial charge is 0.226 e. The SMILES string of the molecule is CC[C@H]([C@@H](C[N+](=O)[O-])c1ccc(C)cc1)[N+](=O)[O-]. The summed E-state index contributed by atoms with van der Waals surface area (Å²) in [5.41, 5.74) is 1.67. The van der Waals surface area contributed by atoms with E-state index < -0.39 is 28.4 Å². The standard InChI is InChI=1S/C12H16N2O4/c1-3-12(14(17)18)11(8-13(15)16)10-6-4-9(2)5-7-10/h4-7,11-12H,3,8H2,1-2H3/t11-,12+/m0/s1. The van der Waals surface area contributed by atoms with E-state index in [-0.39, 0.29) is 6.42 Å². The summed E-state index contributed by atoms with van der Waals surface area (Å²) in [7, 11) is 0. The van der Waals surface area contributed by atoms with Crippen LogP contribution in [0, 0.1) is 27.2 Å². The molecule has 0 spiro atoms. The number of hydrogen-bond acceptors (Lipinski definition) is 4. The van der Waals surface area contributed by atoms with Gasteiger partial charge in [-0.15, -0.1) is 0 Å². The van der Waals surface area contributed by atoms with Gasteiger partial charge < -0.3 is 0 Å². The number of rotatable bonds is 6. The number of nitrogens with zero attached hydrogens (tertiary/aromatic N) is 2. The molecule has 6 heteroatoms. The summed E-state index contributed by atoms with van der Waals surface area (Å²) in [5.74, 6) is -0.680. The summed E-state index contributed by atoms with van der Waals surface area (Å²) in [6, 6.07) is 6.17. The Morgan fingerprint density at radius 1 is 1.17 bits per heavy atom. The summed E-state index contributed by atoms with van der Waals surface area (Å²) in [6.45, 7) is 3.16. The first-order valence-electron chi connectivity index (χ1n) is 5.77. The maximum Gasteiger partial charge on any atom is 0.226 e. The van der Waals surface area contributed by atoms with Crippen molar-refractivity contribution < 1.29 is 9.85 Å². The highest BCUT2D eigenvalue weighted by Crippen LogP contribution is 2.24. The van der Waals surface area contributed by atoms with Crippen LogP contribution >= 0.6 is 0 Å². The van der Waals surface area contributed by atoms with Crippen LogP contribution < -0.4 is 0 Å². The third kappa shape index (κ3) is 3.51. The van der Waals surface area contributed by atoms with Gasteiger partial charge in [0.2, 0.25) is 12.6 Å². The Kier molecular flexibility index (Phi) is 4.76. The van der Waals surface area contributed by atoms with Gasteiger partial charge in [0.05, 0.1) is 0 Å². The van der Waals surface area contributed by atoms with Crippen molar-refractivity contribution in [3.63, 3.8) is 0 Å². The molecule has 0 saturated heterocycles. The molecule has 0 radical (unpaired) electrons. The van der Waals surface area contributed by atoms with E-state index in [9.17, 15) is 20.2 Å². The summed E-state index contributed by atoms with van der Waals surface area (Å²) in [4.78, 5) is 20.7. The highest BCUT2D eigenvalue weighted by atomic mass is 16.6. The van der Waals surface area contributed by atoms with Gasteiger partial charge in [-0.1, -0.05) is 36.8 Å². The number of nitro groups is 2. The first-order chi connectivity index (χ1) is 8.45. The number of hydrogen-bond donors (Lipinski definition) is 0. The molecule has 0 bridgehead atoms. The second-order valence-corrected chi connectivity index (χ2v) is 4.29. The quantitative estimate of drug-likeness (QED) is 0.574. The van der Waals surface area contributed by atoms with E-state index in [0.29, 0.717) is 5.56 Å². The van der Waals surface area contributed by atoms with E-state index in [4.69, 9.17) is 0 Å². The molecule has 0 N–H and O–H groups in total. The van der Waals surface area contributed by atoms with E-state index >= 15 is 0 Å². The highest BCUT2D eigenvalue weighted by Gasteiger charge is 2.34. The minimum Gasteiger partial charge on any atom is -0.265 e. The minimum absolute atomic E-state index is 0.277. The lowest BCUT2D eigenvalue weighted by atomic mass is 9.90. The fourth-order valence-corrected chi connectivity index (χ4v) is 2.00. The lowest BCUT2D eigenvalue weighted by molar-refractivity contribution is -0.547. The maximum atomic E-state index is 11.0. The van der Waals surface area contributed by atoms with Gasteiger partial charge in [0.25, 0.3) is 0 Å². The summed E-state index contributed by atoms with van der Waals surface area (Å²) >= 11 is 0. The van der Waals surface area contributed by atoms with Crippen molar-refractivity contribution >= 4 is 0 Å². The molecular weight excluding hydrogens is 236 g/mol. The molecule has 0 amide bonds. The molecule has 0 heterocycles. The predicted octanol–water partition coefficient (Wildman–Crippen LogP) is 2.41. The zero-order valence-electron chi connectivity index (χ0n) is 10.4. The van der Waals surface area contributed by atoms with Crippen LogP contribution in [0.4, 0.5) is 0 Å². The highest BCUT2D eigenvalue weighted by molar-refractivity contribution is 5.25. The van der Waals surface area contributed by atoms with Crippen molar-refractivity contribution in [1.82, 2.24) is 0 Å². The van der Waals surface area contributed by atoms with Crippen molar-refractivity contribution in [2.45, 2.75) is 32.2 Å². The Bertz CT molecular complexity index is 430. The Balaban J connectivity index is 3.07. The zero-order chi connectivity index (χ0) is 13.7. The summed E-state index contributed by atoms with van der Waals surface area (Å²) < 4.78 is 0. The fourth-order valence-electron chi connectivity index (χ4n) is 2.00. The van der Waals surface area contributed by atoms with E-state index in [1.807, 2.05) is 19.1 Å². The lowest BCUT2D eigenvalue weighted by Gasteiger charge is -2.17. The minimum atomic E-state index is -0.918. The molecular formula is C12H16N2O4. The molecule has 1 aromatic rings. The van der Waals surface area contributed by atoms with Crippen molar-refractivity contribution in [2.75, 3.05) is 6.54 Å². The second-order valence-electron chi connectivity index (χ2n) is 4.29. The van der Waals surface area contributed by atoms with Gasteiger partial charge in [-0.3, -0.25) is 20.2 Å². The molecule has 2 atom stereocenters. The number of aryl methyl sites for hydroxylation is 1. The Morgan fingerprint density at radius 2 is 1.72 bits per heavy atom. The third-order valence-electron chi connectivity index (χ3n) is 3.00. The molecule has 0 fully saturated rings. The average molecular weight is 252 g/mol. The van der Waals surface area contributed by atoms with E-state index in [1.165, 1.54) is 0 Å². The van der Waals surface area contributed by atoms with Crippen molar-refractivity contribution in [1.29, 1.82) is 0 Å². The molecule has 0 aliphatic rings. The number of benzene rings is 1. The van der Waals surface area contributed by atoms with Crippen LogP contribution in [-0.2, 0) is 0 Å². The van der Waals surface area contributed by atoms with E-state index in [0.717, 1.165) is 5.56 Å². The van der Waals surface area contributed by atoms with Gasteiger partial charge in [-0.25, -0.2) is 0 Å². The van der Waals surface area contributed by atoms with Crippen LogP contribution in [0.25, 0.3) is 0 Å². The van der Waals surface area contributed by atoms with E-state index in [2.05, 4.69) is 0 Å². The van der Waals surface area contributed by atoms with Crippen LogP contribution in [0.1, 0.15) is 30.4 Å². The lowest BCUT2D eigenvalue weighted by Crippen LogP contribution is -2.31. The zero-order valence-corrected chi connectivity index (χ0v) is 10.4. The molecule has 0 saturated carbocycles.